The first kappa shape index (κ1) is 18.2. The molecule has 0 saturated carbocycles. The molecule has 1 unspecified atom stereocenters. The first-order valence-corrected chi connectivity index (χ1v) is 8.59. The fourth-order valence-corrected chi connectivity index (χ4v) is 2.76. The van der Waals surface area contributed by atoms with Crippen LogP contribution in [0.3, 0.4) is 0 Å². The van der Waals surface area contributed by atoms with E-state index in [1.807, 2.05) is 23.1 Å². The maximum Gasteiger partial charge on any atom is 0.223 e. The maximum absolute atomic E-state index is 12.7. The standard InChI is InChI=1S/C21H27NO2/c1-17-9-11-19(12-10-17)16-22(13-6-14-23)21(24)15-18(2)20-7-4-3-5-8-20/h3-5,7-12,18,23H,6,13-16H2,1-2H3. The lowest BCUT2D eigenvalue weighted by molar-refractivity contribution is -0.132. The Morgan fingerprint density at radius 1 is 1.08 bits per heavy atom. The molecule has 1 amide bonds. The summed E-state index contributed by atoms with van der Waals surface area (Å²) in [6.07, 6.45) is 1.10. The van der Waals surface area contributed by atoms with Crippen molar-refractivity contribution in [2.24, 2.45) is 0 Å². The predicted octanol–water partition coefficient (Wildman–Crippen LogP) is 3.90. The number of amides is 1. The van der Waals surface area contributed by atoms with Crippen molar-refractivity contribution in [2.75, 3.05) is 13.2 Å². The third kappa shape index (κ3) is 5.50. The number of carbonyl (C=O) groups is 1. The first-order valence-electron chi connectivity index (χ1n) is 8.59. The molecule has 0 saturated heterocycles. The van der Waals surface area contributed by atoms with Crippen molar-refractivity contribution in [3.8, 4) is 0 Å². The van der Waals surface area contributed by atoms with Gasteiger partial charge >= 0.3 is 0 Å². The second-order valence-electron chi connectivity index (χ2n) is 6.39. The molecule has 3 nitrogen and oxygen atoms in total. The smallest absolute Gasteiger partial charge is 0.223 e. The van der Waals surface area contributed by atoms with E-state index < -0.39 is 0 Å². The van der Waals surface area contributed by atoms with Gasteiger partial charge in [-0.3, -0.25) is 4.79 Å². The van der Waals surface area contributed by atoms with Crippen molar-refractivity contribution in [2.45, 2.75) is 39.2 Å². The van der Waals surface area contributed by atoms with Crippen LogP contribution in [0.15, 0.2) is 54.6 Å². The third-order valence-electron chi connectivity index (χ3n) is 4.28. The highest BCUT2D eigenvalue weighted by atomic mass is 16.3. The van der Waals surface area contributed by atoms with Crippen molar-refractivity contribution in [3.63, 3.8) is 0 Å². The lowest BCUT2D eigenvalue weighted by atomic mass is 9.97. The van der Waals surface area contributed by atoms with E-state index in [-0.39, 0.29) is 18.4 Å². The molecule has 0 radical (unpaired) electrons. The minimum absolute atomic E-state index is 0.103. The molecule has 3 heteroatoms. The van der Waals surface area contributed by atoms with Gasteiger partial charge in [-0.1, -0.05) is 67.1 Å². The summed E-state index contributed by atoms with van der Waals surface area (Å²) in [4.78, 5) is 14.6. The number of hydrogen-bond donors (Lipinski definition) is 1. The minimum atomic E-state index is 0.103. The van der Waals surface area contributed by atoms with Crippen LogP contribution in [0.4, 0.5) is 0 Å². The van der Waals surface area contributed by atoms with E-state index in [1.165, 1.54) is 11.1 Å². The van der Waals surface area contributed by atoms with Gasteiger partial charge in [0.15, 0.2) is 0 Å². The summed E-state index contributed by atoms with van der Waals surface area (Å²) >= 11 is 0. The fraction of sp³-hybridized carbons (Fsp3) is 0.381. The Labute approximate surface area is 144 Å². The average Bonchev–Trinajstić information content (AvgIpc) is 2.60. The number of nitrogens with zero attached hydrogens (tertiary/aromatic N) is 1. The largest absolute Gasteiger partial charge is 0.396 e. The second kappa shape index (κ2) is 9.24. The zero-order valence-corrected chi connectivity index (χ0v) is 14.6. The predicted molar refractivity (Wildman–Crippen MR) is 97.8 cm³/mol. The highest BCUT2D eigenvalue weighted by Crippen LogP contribution is 2.20. The SMILES string of the molecule is Cc1ccc(CN(CCCO)C(=O)CC(C)c2ccccc2)cc1. The van der Waals surface area contributed by atoms with E-state index in [2.05, 4.69) is 50.2 Å². The molecular formula is C21H27NO2. The Morgan fingerprint density at radius 3 is 2.38 bits per heavy atom. The van der Waals surface area contributed by atoms with E-state index in [0.717, 1.165) is 5.56 Å². The van der Waals surface area contributed by atoms with Gasteiger partial charge in [-0.15, -0.1) is 0 Å². The summed E-state index contributed by atoms with van der Waals surface area (Å²) in [5.74, 6) is 0.328. The highest BCUT2D eigenvalue weighted by Gasteiger charge is 2.17. The van der Waals surface area contributed by atoms with Crippen molar-refractivity contribution in [1.29, 1.82) is 0 Å². The molecule has 2 aromatic rings. The Bertz CT molecular complexity index is 622. The van der Waals surface area contributed by atoms with Crippen LogP contribution in [-0.2, 0) is 11.3 Å². The average molecular weight is 325 g/mol. The van der Waals surface area contributed by atoms with Gasteiger partial charge in [0.05, 0.1) is 0 Å². The lowest BCUT2D eigenvalue weighted by Crippen LogP contribution is -2.32. The van der Waals surface area contributed by atoms with Crippen molar-refractivity contribution >= 4 is 5.91 Å². The van der Waals surface area contributed by atoms with E-state index in [4.69, 9.17) is 5.11 Å². The van der Waals surface area contributed by atoms with E-state index in [9.17, 15) is 4.79 Å². The number of aliphatic hydroxyl groups excluding tert-OH is 1. The van der Waals surface area contributed by atoms with E-state index >= 15 is 0 Å². The summed E-state index contributed by atoms with van der Waals surface area (Å²) in [6.45, 7) is 5.43. The van der Waals surface area contributed by atoms with Crippen LogP contribution in [0.25, 0.3) is 0 Å². The quantitative estimate of drug-likeness (QED) is 0.799. The zero-order chi connectivity index (χ0) is 17.4. The van der Waals surface area contributed by atoms with Gasteiger partial charge in [-0.2, -0.15) is 0 Å². The molecule has 128 valence electrons. The van der Waals surface area contributed by atoms with Crippen LogP contribution in [0, 0.1) is 6.92 Å². The van der Waals surface area contributed by atoms with Gasteiger partial charge in [-0.25, -0.2) is 0 Å². The molecule has 2 rings (SSSR count). The number of rotatable bonds is 8. The van der Waals surface area contributed by atoms with Crippen LogP contribution in [0.1, 0.15) is 42.4 Å². The van der Waals surface area contributed by atoms with Crippen LogP contribution in [0.2, 0.25) is 0 Å². The Hall–Kier alpha value is -2.13. The summed E-state index contributed by atoms with van der Waals surface area (Å²) in [5.41, 5.74) is 3.52. The molecule has 0 heterocycles. The first-order chi connectivity index (χ1) is 11.6. The number of hydrogen-bond acceptors (Lipinski definition) is 2. The molecule has 1 atom stereocenters. The number of carbonyl (C=O) groups excluding carboxylic acids is 1. The Kier molecular flexibility index (Phi) is 7.01. The number of benzene rings is 2. The van der Waals surface area contributed by atoms with Gasteiger partial charge in [0, 0.05) is 26.1 Å². The van der Waals surface area contributed by atoms with Crippen molar-refractivity contribution in [1.82, 2.24) is 4.90 Å². The molecule has 0 spiro atoms. The molecule has 2 aromatic carbocycles. The van der Waals surface area contributed by atoms with Gasteiger partial charge < -0.3 is 10.0 Å². The monoisotopic (exact) mass is 325 g/mol. The second-order valence-corrected chi connectivity index (χ2v) is 6.39. The van der Waals surface area contributed by atoms with Crippen molar-refractivity contribution < 1.29 is 9.90 Å². The third-order valence-corrected chi connectivity index (χ3v) is 4.28. The molecule has 0 fully saturated rings. The fourth-order valence-electron chi connectivity index (χ4n) is 2.76. The van der Waals surface area contributed by atoms with Gasteiger partial charge in [0.2, 0.25) is 5.91 Å². The number of aliphatic hydroxyl groups is 1. The summed E-state index contributed by atoms with van der Waals surface area (Å²) in [7, 11) is 0. The molecule has 0 aliphatic carbocycles. The van der Waals surface area contributed by atoms with Crippen LogP contribution in [0.5, 0.6) is 0 Å². The van der Waals surface area contributed by atoms with E-state index in [1.54, 1.807) is 0 Å². The topological polar surface area (TPSA) is 40.5 Å². The van der Waals surface area contributed by atoms with Crippen molar-refractivity contribution in [3.05, 3.63) is 71.3 Å². The molecule has 0 aliphatic heterocycles. The maximum atomic E-state index is 12.7. The molecule has 0 aliphatic rings. The molecule has 0 bridgehead atoms. The van der Waals surface area contributed by atoms with Crippen LogP contribution in [-0.4, -0.2) is 29.1 Å². The minimum Gasteiger partial charge on any atom is -0.396 e. The van der Waals surface area contributed by atoms with Crippen LogP contribution < -0.4 is 0 Å². The zero-order valence-electron chi connectivity index (χ0n) is 14.6. The Balaban J connectivity index is 2.02. The Morgan fingerprint density at radius 2 is 1.75 bits per heavy atom. The normalized spacial score (nSPS) is 12.0. The lowest BCUT2D eigenvalue weighted by Gasteiger charge is -2.24. The number of aryl methyl sites for hydroxylation is 1. The summed E-state index contributed by atoms with van der Waals surface area (Å²) in [5, 5.41) is 9.12. The highest BCUT2D eigenvalue weighted by molar-refractivity contribution is 5.77. The van der Waals surface area contributed by atoms with Gasteiger partial charge in [-0.05, 0) is 30.4 Å². The molecule has 0 aromatic heterocycles. The molecular weight excluding hydrogens is 298 g/mol. The molecule has 24 heavy (non-hydrogen) atoms. The van der Waals surface area contributed by atoms with Crippen LogP contribution >= 0.6 is 0 Å². The van der Waals surface area contributed by atoms with Gasteiger partial charge in [0.1, 0.15) is 0 Å². The summed E-state index contributed by atoms with van der Waals surface area (Å²) in [6, 6.07) is 18.4. The molecule has 1 N–H and O–H groups in total. The van der Waals surface area contributed by atoms with Gasteiger partial charge in [0.25, 0.3) is 0 Å². The van der Waals surface area contributed by atoms with E-state index in [0.29, 0.717) is 25.9 Å². The summed E-state index contributed by atoms with van der Waals surface area (Å²) < 4.78 is 0.